The van der Waals surface area contributed by atoms with Gasteiger partial charge in [-0.15, -0.1) is 0 Å². The number of hydrogen-bond acceptors (Lipinski definition) is 3. The van der Waals surface area contributed by atoms with Gasteiger partial charge in [0.2, 0.25) is 0 Å². The van der Waals surface area contributed by atoms with Crippen LogP contribution in [0.4, 0.5) is 0 Å². The van der Waals surface area contributed by atoms with Crippen LogP contribution in [0.2, 0.25) is 0 Å². The summed E-state index contributed by atoms with van der Waals surface area (Å²) in [5.74, 6) is -0.956. The largest absolute Gasteiger partial charge is 0.481 e. The summed E-state index contributed by atoms with van der Waals surface area (Å²) in [6, 6.07) is 0. The Morgan fingerprint density at radius 1 is 1.80 bits per heavy atom. The summed E-state index contributed by atoms with van der Waals surface area (Å²) in [6.07, 6.45) is 1.58. The van der Waals surface area contributed by atoms with Gasteiger partial charge in [0.1, 0.15) is 0 Å². The number of nitrogens with one attached hydrogen (secondary N) is 1. The summed E-state index contributed by atoms with van der Waals surface area (Å²) in [5.41, 5.74) is 0. The van der Waals surface area contributed by atoms with Gasteiger partial charge in [-0.1, -0.05) is 17.8 Å². The lowest BCUT2D eigenvalue weighted by atomic mass is 10.5. The molecule has 0 aromatic heterocycles. The van der Waals surface area contributed by atoms with Crippen LogP contribution in [0.25, 0.3) is 0 Å². The van der Waals surface area contributed by atoms with Crippen molar-refractivity contribution in [2.75, 3.05) is 0 Å². The van der Waals surface area contributed by atoms with Gasteiger partial charge in [0, 0.05) is 0 Å². The maximum Gasteiger partial charge on any atom is 0.309 e. The molecule has 56 valence electrons. The van der Waals surface area contributed by atoms with Crippen LogP contribution >= 0.6 is 11.8 Å². The molecule has 0 aliphatic carbocycles. The number of thioether (sulfide) groups is 1. The van der Waals surface area contributed by atoms with Crippen LogP contribution in [0.3, 0.4) is 0 Å². The summed E-state index contributed by atoms with van der Waals surface area (Å²) in [6.45, 7) is 1.82. The van der Waals surface area contributed by atoms with Crippen LogP contribution in [-0.4, -0.2) is 16.1 Å². The molecular formula is C6H9NO2S. The Hall–Kier alpha value is -0.770. The minimum absolute atomic E-state index is 0.158. The zero-order chi connectivity index (χ0) is 7.98. The van der Waals surface area contributed by atoms with Crippen molar-refractivity contribution < 1.29 is 9.90 Å². The van der Waals surface area contributed by atoms with Crippen LogP contribution in [0, 0.1) is 5.41 Å². The standard InChI is InChI=1S/C6H9NO2S/c1-2-3-10-5(7)4-6(8)9/h2-3,7H,4H2,1H3,(H,8,9)/b3-2-,7-5?. The fraction of sp³-hybridized carbons (Fsp3) is 0.333. The average Bonchev–Trinajstić information content (AvgIpc) is 1.82. The number of hydrogen-bond donors (Lipinski definition) is 2. The van der Waals surface area contributed by atoms with E-state index >= 15 is 0 Å². The van der Waals surface area contributed by atoms with Gasteiger partial charge >= 0.3 is 5.97 Å². The molecule has 10 heavy (non-hydrogen) atoms. The van der Waals surface area contributed by atoms with Crippen LogP contribution in [0.1, 0.15) is 13.3 Å². The SMILES string of the molecule is C/C=C\SC(=N)CC(=O)O. The molecule has 0 unspecified atom stereocenters. The summed E-state index contributed by atoms with van der Waals surface area (Å²) in [7, 11) is 0. The Morgan fingerprint density at radius 3 is 2.80 bits per heavy atom. The maximum atomic E-state index is 9.99. The fourth-order valence-corrected chi connectivity index (χ4v) is 0.836. The van der Waals surface area contributed by atoms with Gasteiger partial charge in [-0.25, -0.2) is 0 Å². The Labute approximate surface area is 63.6 Å². The zero-order valence-corrected chi connectivity index (χ0v) is 6.44. The number of carbonyl (C=O) groups is 1. The topological polar surface area (TPSA) is 61.2 Å². The first-order chi connectivity index (χ1) is 4.66. The molecule has 0 aliphatic heterocycles. The van der Waals surface area contributed by atoms with Gasteiger partial charge in [0.15, 0.2) is 0 Å². The first-order valence-corrected chi connectivity index (χ1v) is 3.62. The normalized spacial score (nSPS) is 10.1. The summed E-state index contributed by atoms with van der Waals surface area (Å²) in [5, 5.41) is 17.1. The highest BCUT2D eigenvalue weighted by molar-refractivity contribution is 8.16. The molecule has 0 aliphatic rings. The van der Waals surface area contributed by atoms with Gasteiger partial charge < -0.3 is 5.11 Å². The molecular weight excluding hydrogens is 150 g/mol. The van der Waals surface area contributed by atoms with E-state index in [9.17, 15) is 4.79 Å². The van der Waals surface area contributed by atoms with Gasteiger partial charge in [0.25, 0.3) is 0 Å². The van der Waals surface area contributed by atoms with E-state index in [0.29, 0.717) is 0 Å². The van der Waals surface area contributed by atoms with Crippen molar-refractivity contribution in [1.29, 1.82) is 5.41 Å². The highest BCUT2D eigenvalue weighted by Gasteiger charge is 2.00. The molecule has 0 aromatic carbocycles. The number of carboxylic acid groups (broad SMARTS) is 1. The van der Waals surface area contributed by atoms with E-state index in [1.165, 1.54) is 0 Å². The molecule has 0 aromatic rings. The van der Waals surface area contributed by atoms with E-state index in [1.54, 1.807) is 11.5 Å². The molecule has 0 spiro atoms. The number of rotatable bonds is 3. The van der Waals surface area contributed by atoms with Crippen molar-refractivity contribution in [3.05, 3.63) is 11.5 Å². The van der Waals surface area contributed by atoms with Crippen LogP contribution < -0.4 is 0 Å². The maximum absolute atomic E-state index is 9.99. The number of allylic oxidation sites excluding steroid dienone is 1. The minimum atomic E-state index is -0.956. The highest BCUT2D eigenvalue weighted by atomic mass is 32.2. The summed E-state index contributed by atoms with van der Waals surface area (Å²) >= 11 is 1.13. The molecule has 3 nitrogen and oxygen atoms in total. The second kappa shape index (κ2) is 5.05. The van der Waals surface area contributed by atoms with Crippen molar-refractivity contribution in [2.24, 2.45) is 0 Å². The molecule has 0 saturated carbocycles. The van der Waals surface area contributed by atoms with Crippen LogP contribution in [0.15, 0.2) is 11.5 Å². The van der Waals surface area contributed by atoms with E-state index in [1.807, 2.05) is 6.92 Å². The molecule has 0 fully saturated rings. The van der Waals surface area contributed by atoms with E-state index in [2.05, 4.69) is 0 Å². The molecule has 0 atom stereocenters. The Kier molecular flexibility index (Phi) is 4.66. The summed E-state index contributed by atoms with van der Waals surface area (Å²) in [4.78, 5) is 9.99. The third-order valence-electron chi connectivity index (χ3n) is 0.658. The van der Waals surface area contributed by atoms with Gasteiger partial charge in [-0.05, 0) is 12.3 Å². The van der Waals surface area contributed by atoms with Crippen LogP contribution in [-0.2, 0) is 4.79 Å². The minimum Gasteiger partial charge on any atom is -0.481 e. The predicted molar refractivity (Wildman–Crippen MR) is 42.4 cm³/mol. The van der Waals surface area contributed by atoms with Crippen molar-refractivity contribution >= 4 is 22.8 Å². The van der Waals surface area contributed by atoms with E-state index < -0.39 is 5.97 Å². The van der Waals surface area contributed by atoms with Crippen molar-refractivity contribution in [3.63, 3.8) is 0 Å². The van der Waals surface area contributed by atoms with Crippen molar-refractivity contribution in [1.82, 2.24) is 0 Å². The first-order valence-electron chi connectivity index (χ1n) is 2.74. The summed E-state index contributed by atoms with van der Waals surface area (Å²) < 4.78 is 0. The quantitative estimate of drug-likeness (QED) is 0.486. The number of aliphatic carboxylic acids is 1. The molecule has 0 radical (unpaired) electrons. The second-order valence-electron chi connectivity index (χ2n) is 1.58. The lowest BCUT2D eigenvalue weighted by molar-refractivity contribution is -0.135. The number of carboxylic acids is 1. The second-order valence-corrected chi connectivity index (χ2v) is 2.58. The molecule has 2 N–H and O–H groups in total. The molecule has 0 saturated heterocycles. The molecule has 0 rings (SSSR count). The zero-order valence-electron chi connectivity index (χ0n) is 5.63. The lowest BCUT2D eigenvalue weighted by Gasteiger charge is -1.92. The molecule has 4 heteroatoms. The van der Waals surface area contributed by atoms with Gasteiger partial charge in [-0.2, -0.15) is 0 Å². The average molecular weight is 159 g/mol. The fourth-order valence-electron chi connectivity index (χ4n) is 0.329. The van der Waals surface area contributed by atoms with E-state index in [-0.39, 0.29) is 11.5 Å². The lowest BCUT2D eigenvalue weighted by Crippen LogP contribution is -2.00. The third kappa shape index (κ3) is 5.37. The first kappa shape index (κ1) is 9.23. The Morgan fingerprint density at radius 2 is 2.40 bits per heavy atom. The molecule has 0 heterocycles. The predicted octanol–water partition coefficient (Wildman–Crippen LogP) is 1.71. The Balaban J connectivity index is 3.54. The Bertz CT molecular complexity index is 165. The van der Waals surface area contributed by atoms with E-state index in [4.69, 9.17) is 10.5 Å². The van der Waals surface area contributed by atoms with Crippen LogP contribution in [0.5, 0.6) is 0 Å². The van der Waals surface area contributed by atoms with Gasteiger partial charge in [0.05, 0.1) is 11.5 Å². The molecule has 0 amide bonds. The molecule has 0 bridgehead atoms. The smallest absolute Gasteiger partial charge is 0.309 e. The van der Waals surface area contributed by atoms with Crippen molar-refractivity contribution in [2.45, 2.75) is 13.3 Å². The third-order valence-corrected chi connectivity index (χ3v) is 1.50. The van der Waals surface area contributed by atoms with E-state index in [0.717, 1.165) is 11.8 Å². The highest BCUT2D eigenvalue weighted by Crippen LogP contribution is 2.06. The monoisotopic (exact) mass is 159 g/mol. The van der Waals surface area contributed by atoms with Gasteiger partial charge in [-0.3, -0.25) is 10.2 Å². The van der Waals surface area contributed by atoms with Crippen molar-refractivity contribution in [3.8, 4) is 0 Å².